The number of allylic oxidation sites excluding steroid dienone is 1. The van der Waals surface area contributed by atoms with Crippen LogP contribution in [-0.4, -0.2) is 5.78 Å². The number of rotatable bonds is 1. The van der Waals surface area contributed by atoms with E-state index in [2.05, 4.69) is 63.0 Å². The summed E-state index contributed by atoms with van der Waals surface area (Å²) in [6.07, 6.45) is 0. The Hall–Kier alpha value is -1.19. The first kappa shape index (κ1) is 12.8. The van der Waals surface area contributed by atoms with Crippen LogP contribution in [-0.2, 0) is 0 Å². The minimum Gasteiger partial charge on any atom is -0.288 e. The fourth-order valence-electron chi connectivity index (χ4n) is 2.27. The first-order valence-electron chi connectivity index (χ1n) is 5.89. The second kappa shape index (κ2) is 4.73. The molecule has 19 heavy (non-hydrogen) atoms. The first-order valence-corrected chi connectivity index (χ1v) is 7.48. The maximum atomic E-state index is 12.2. The van der Waals surface area contributed by atoms with Gasteiger partial charge in [0.25, 0.3) is 0 Å². The van der Waals surface area contributed by atoms with Gasteiger partial charge < -0.3 is 0 Å². The molecule has 0 saturated heterocycles. The van der Waals surface area contributed by atoms with Crippen molar-refractivity contribution in [2.45, 2.75) is 6.92 Å². The van der Waals surface area contributed by atoms with E-state index >= 15 is 0 Å². The minimum atomic E-state index is 0.0538. The Labute approximate surface area is 128 Å². The molecule has 2 aromatic carbocycles. The standard InChI is InChI=1S/C16H10Br2O/c1-9-2-4-10(5-3-9)14-13-8-11(17)6-7-12(13)16(19)15(14)18/h2-8H,1H3. The number of halogens is 2. The van der Waals surface area contributed by atoms with Crippen molar-refractivity contribution in [3.8, 4) is 0 Å². The number of benzene rings is 2. The summed E-state index contributed by atoms with van der Waals surface area (Å²) in [4.78, 5) is 12.2. The fourth-order valence-corrected chi connectivity index (χ4v) is 3.29. The van der Waals surface area contributed by atoms with Gasteiger partial charge in [0.05, 0.1) is 4.48 Å². The molecule has 0 aliphatic heterocycles. The third kappa shape index (κ3) is 2.11. The molecule has 0 saturated carbocycles. The predicted octanol–water partition coefficient (Wildman–Crippen LogP) is 5.11. The zero-order chi connectivity index (χ0) is 13.6. The Balaban J connectivity index is 2.24. The molecule has 94 valence electrons. The van der Waals surface area contributed by atoms with E-state index in [4.69, 9.17) is 0 Å². The topological polar surface area (TPSA) is 17.1 Å². The lowest BCUT2D eigenvalue weighted by atomic mass is 9.98. The Morgan fingerprint density at radius 2 is 1.58 bits per heavy atom. The molecular formula is C16H10Br2O. The molecule has 0 radical (unpaired) electrons. The Morgan fingerprint density at radius 3 is 2.26 bits per heavy atom. The van der Waals surface area contributed by atoms with Crippen LogP contribution < -0.4 is 0 Å². The minimum absolute atomic E-state index is 0.0538. The second-order valence-corrected chi connectivity index (χ2v) is 6.28. The van der Waals surface area contributed by atoms with Crippen LogP contribution in [0.2, 0.25) is 0 Å². The first-order chi connectivity index (χ1) is 9.08. The summed E-state index contributed by atoms with van der Waals surface area (Å²) < 4.78 is 1.62. The van der Waals surface area contributed by atoms with Gasteiger partial charge in [-0.1, -0.05) is 45.8 Å². The molecule has 0 aromatic heterocycles. The summed E-state index contributed by atoms with van der Waals surface area (Å²) in [6, 6.07) is 14.0. The van der Waals surface area contributed by atoms with Crippen molar-refractivity contribution in [2.75, 3.05) is 0 Å². The van der Waals surface area contributed by atoms with Gasteiger partial charge in [-0.2, -0.15) is 0 Å². The van der Waals surface area contributed by atoms with Crippen LogP contribution in [0.3, 0.4) is 0 Å². The average Bonchev–Trinajstić information content (AvgIpc) is 2.63. The van der Waals surface area contributed by atoms with Crippen LogP contribution in [0.25, 0.3) is 5.57 Å². The lowest BCUT2D eigenvalue weighted by Gasteiger charge is -2.07. The number of hydrogen-bond acceptors (Lipinski definition) is 1. The van der Waals surface area contributed by atoms with Crippen molar-refractivity contribution in [3.63, 3.8) is 0 Å². The van der Waals surface area contributed by atoms with E-state index in [1.807, 2.05) is 18.2 Å². The summed E-state index contributed by atoms with van der Waals surface area (Å²) >= 11 is 6.91. The van der Waals surface area contributed by atoms with Crippen LogP contribution in [0.5, 0.6) is 0 Å². The van der Waals surface area contributed by atoms with Gasteiger partial charge in [0.2, 0.25) is 5.78 Å². The largest absolute Gasteiger partial charge is 0.288 e. The van der Waals surface area contributed by atoms with Gasteiger partial charge in [-0.05, 0) is 52.2 Å². The fraction of sp³-hybridized carbons (Fsp3) is 0.0625. The van der Waals surface area contributed by atoms with E-state index in [-0.39, 0.29) is 5.78 Å². The van der Waals surface area contributed by atoms with Crippen LogP contribution in [0.4, 0.5) is 0 Å². The Kier molecular flexibility index (Phi) is 3.19. The number of hydrogen-bond donors (Lipinski definition) is 0. The maximum absolute atomic E-state index is 12.2. The van der Waals surface area contributed by atoms with Crippen LogP contribution in [0.15, 0.2) is 51.4 Å². The van der Waals surface area contributed by atoms with Crippen molar-refractivity contribution in [1.82, 2.24) is 0 Å². The summed E-state index contributed by atoms with van der Waals surface area (Å²) in [5.74, 6) is 0.0538. The highest BCUT2D eigenvalue weighted by Gasteiger charge is 2.28. The van der Waals surface area contributed by atoms with Gasteiger partial charge in [-0.3, -0.25) is 4.79 Å². The van der Waals surface area contributed by atoms with E-state index in [1.54, 1.807) is 0 Å². The molecule has 0 amide bonds. The number of Topliss-reactive ketones (excluding diaryl/α,β-unsaturated/α-hetero) is 1. The van der Waals surface area contributed by atoms with Crippen LogP contribution in [0.1, 0.15) is 27.0 Å². The van der Waals surface area contributed by atoms with Crippen molar-refractivity contribution < 1.29 is 4.79 Å². The van der Waals surface area contributed by atoms with Crippen molar-refractivity contribution in [2.24, 2.45) is 0 Å². The molecule has 0 spiro atoms. The van der Waals surface area contributed by atoms with Crippen molar-refractivity contribution in [1.29, 1.82) is 0 Å². The number of carbonyl (C=O) groups is 1. The normalized spacial score (nSPS) is 13.9. The highest BCUT2D eigenvalue weighted by atomic mass is 79.9. The highest BCUT2D eigenvalue weighted by Crippen LogP contribution is 2.41. The maximum Gasteiger partial charge on any atom is 0.201 e. The van der Waals surface area contributed by atoms with Gasteiger partial charge >= 0.3 is 0 Å². The van der Waals surface area contributed by atoms with E-state index < -0.39 is 0 Å². The molecule has 0 atom stereocenters. The molecule has 1 aliphatic rings. The molecule has 1 aliphatic carbocycles. The number of fused-ring (bicyclic) bond motifs is 1. The Morgan fingerprint density at radius 1 is 0.895 bits per heavy atom. The molecule has 0 bridgehead atoms. The predicted molar refractivity (Wildman–Crippen MR) is 84.6 cm³/mol. The number of ketones is 1. The number of carbonyl (C=O) groups excluding carboxylic acids is 1. The van der Waals surface area contributed by atoms with Crippen molar-refractivity contribution >= 4 is 43.2 Å². The summed E-state index contributed by atoms with van der Waals surface area (Å²) in [5.41, 5.74) is 4.98. The third-order valence-corrected chi connectivity index (χ3v) is 4.50. The zero-order valence-corrected chi connectivity index (χ0v) is 13.4. The summed E-state index contributed by atoms with van der Waals surface area (Å²) in [7, 11) is 0. The quantitative estimate of drug-likeness (QED) is 0.674. The van der Waals surface area contributed by atoms with E-state index in [1.165, 1.54) is 5.56 Å². The lowest BCUT2D eigenvalue weighted by Crippen LogP contribution is -1.93. The van der Waals surface area contributed by atoms with Gasteiger partial charge in [-0.25, -0.2) is 0 Å². The van der Waals surface area contributed by atoms with Crippen LogP contribution >= 0.6 is 31.9 Å². The molecule has 0 N–H and O–H groups in total. The SMILES string of the molecule is Cc1ccc(C2=C(Br)C(=O)c3ccc(Br)cc32)cc1. The molecule has 3 rings (SSSR count). The summed E-state index contributed by atoms with van der Waals surface area (Å²) in [5, 5.41) is 0. The molecule has 0 fully saturated rings. The molecule has 1 nitrogen and oxygen atoms in total. The van der Waals surface area contributed by atoms with Gasteiger partial charge in [-0.15, -0.1) is 0 Å². The smallest absolute Gasteiger partial charge is 0.201 e. The Bertz CT molecular complexity index is 712. The highest BCUT2D eigenvalue weighted by molar-refractivity contribution is 9.12. The average molecular weight is 378 g/mol. The molecule has 0 heterocycles. The van der Waals surface area contributed by atoms with Gasteiger partial charge in [0, 0.05) is 15.6 Å². The lowest BCUT2D eigenvalue weighted by molar-refractivity contribution is 0.104. The number of aryl methyl sites for hydroxylation is 1. The van der Waals surface area contributed by atoms with Gasteiger partial charge in [0.1, 0.15) is 0 Å². The van der Waals surface area contributed by atoms with E-state index in [0.29, 0.717) is 4.48 Å². The monoisotopic (exact) mass is 376 g/mol. The third-order valence-electron chi connectivity index (χ3n) is 3.25. The van der Waals surface area contributed by atoms with Crippen molar-refractivity contribution in [3.05, 3.63) is 73.7 Å². The van der Waals surface area contributed by atoms with E-state index in [0.717, 1.165) is 26.7 Å². The molecule has 0 unspecified atom stereocenters. The molecule has 2 aromatic rings. The van der Waals surface area contributed by atoms with Gasteiger partial charge in [0.15, 0.2) is 0 Å². The second-order valence-electron chi connectivity index (χ2n) is 4.57. The molecular weight excluding hydrogens is 368 g/mol. The zero-order valence-electron chi connectivity index (χ0n) is 10.2. The summed E-state index contributed by atoms with van der Waals surface area (Å²) in [6.45, 7) is 2.05. The molecule has 3 heteroatoms. The van der Waals surface area contributed by atoms with Crippen LogP contribution in [0, 0.1) is 6.92 Å². The van der Waals surface area contributed by atoms with E-state index in [9.17, 15) is 4.79 Å².